The molecule has 0 radical (unpaired) electrons. The Labute approximate surface area is 68.7 Å². The first-order valence-corrected chi connectivity index (χ1v) is 4.09. The van der Waals surface area contributed by atoms with Crippen molar-refractivity contribution in [3.05, 3.63) is 11.8 Å². The summed E-state index contributed by atoms with van der Waals surface area (Å²) in [6.07, 6.45) is 3.96. The molecule has 0 rings (SSSR count). The second kappa shape index (κ2) is 5.96. The number of hydrogen-bond acceptors (Lipinski definition) is 2. The van der Waals surface area contributed by atoms with E-state index in [0.29, 0.717) is 0 Å². The predicted octanol–water partition coefficient (Wildman–Crippen LogP) is 1.87. The van der Waals surface area contributed by atoms with Gasteiger partial charge in [-0.1, -0.05) is 13.3 Å². The van der Waals surface area contributed by atoms with Crippen molar-refractivity contribution in [2.24, 2.45) is 0 Å². The molecule has 0 aliphatic rings. The topological polar surface area (TPSA) is 29.1 Å². The van der Waals surface area contributed by atoms with Crippen LogP contribution in [0.25, 0.3) is 0 Å². The Morgan fingerprint density at radius 3 is 2.55 bits per heavy atom. The average Bonchev–Trinajstić information content (AvgIpc) is 1.86. The fourth-order valence-electron chi connectivity index (χ4n) is 0.818. The summed E-state index contributed by atoms with van der Waals surface area (Å²) in [5.41, 5.74) is 0.964. The number of nitrogens with one attached hydrogen (secondary N) is 1. The number of ketones is 1. The first-order chi connectivity index (χ1) is 5.16. The molecule has 2 heteroatoms. The van der Waals surface area contributed by atoms with E-state index >= 15 is 0 Å². The Hall–Kier alpha value is -0.790. The molecule has 0 aromatic rings. The number of hydrogen-bond donors (Lipinski definition) is 1. The molecule has 0 atom stereocenters. The van der Waals surface area contributed by atoms with Crippen LogP contribution in [0, 0.1) is 0 Å². The molecule has 1 N–H and O–H groups in total. The van der Waals surface area contributed by atoms with E-state index in [2.05, 4.69) is 12.2 Å². The van der Waals surface area contributed by atoms with Crippen molar-refractivity contribution >= 4 is 5.78 Å². The van der Waals surface area contributed by atoms with Crippen LogP contribution in [0.4, 0.5) is 0 Å². The van der Waals surface area contributed by atoms with Crippen molar-refractivity contribution < 1.29 is 4.79 Å². The van der Waals surface area contributed by atoms with Gasteiger partial charge in [0.15, 0.2) is 5.78 Å². The van der Waals surface area contributed by atoms with E-state index in [1.807, 2.05) is 6.92 Å². The smallest absolute Gasteiger partial charge is 0.154 e. The molecular weight excluding hydrogens is 138 g/mol. The van der Waals surface area contributed by atoms with Crippen molar-refractivity contribution in [2.45, 2.75) is 33.6 Å². The number of rotatable bonds is 5. The van der Waals surface area contributed by atoms with E-state index in [4.69, 9.17) is 0 Å². The molecule has 0 aliphatic carbocycles. The van der Waals surface area contributed by atoms with Crippen LogP contribution in [0.2, 0.25) is 0 Å². The highest BCUT2D eigenvalue weighted by Gasteiger charge is 1.89. The minimum Gasteiger partial charge on any atom is -0.388 e. The molecule has 0 saturated carbocycles. The molecule has 0 saturated heterocycles. The third-order valence-corrected chi connectivity index (χ3v) is 1.35. The van der Waals surface area contributed by atoms with E-state index < -0.39 is 0 Å². The van der Waals surface area contributed by atoms with Crippen molar-refractivity contribution in [1.29, 1.82) is 0 Å². The zero-order valence-electron chi connectivity index (χ0n) is 7.61. The highest BCUT2D eigenvalue weighted by Crippen LogP contribution is 1.89. The van der Waals surface area contributed by atoms with Crippen LogP contribution in [0.15, 0.2) is 11.8 Å². The molecule has 0 bridgehead atoms. The van der Waals surface area contributed by atoms with Crippen molar-refractivity contribution in [3.63, 3.8) is 0 Å². The van der Waals surface area contributed by atoms with Crippen LogP contribution in [-0.2, 0) is 4.79 Å². The van der Waals surface area contributed by atoms with Gasteiger partial charge in [-0.2, -0.15) is 0 Å². The second-order valence-corrected chi connectivity index (χ2v) is 2.72. The SMILES string of the molecule is CCCCNC(C)=CC(C)=O. The van der Waals surface area contributed by atoms with Crippen molar-refractivity contribution in [2.75, 3.05) is 6.54 Å². The number of allylic oxidation sites excluding steroid dienone is 2. The average molecular weight is 155 g/mol. The Balaban J connectivity index is 3.51. The molecule has 11 heavy (non-hydrogen) atoms. The Kier molecular flexibility index (Phi) is 5.53. The first kappa shape index (κ1) is 10.2. The molecule has 2 nitrogen and oxygen atoms in total. The fraction of sp³-hybridized carbons (Fsp3) is 0.667. The predicted molar refractivity (Wildman–Crippen MR) is 47.3 cm³/mol. The lowest BCUT2D eigenvalue weighted by atomic mass is 10.3. The highest BCUT2D eigenvalue weighted by molar-refractivity contribution is 5.87. The third-order valence-electron chi connectivity index (χ3n) is 1.35. The molecule has 0 aromatic carbocycles. The summed E-state index contributed by atoms with van der Waals surface area (Å²) in [5, 5.41) is 3.16. The summed E-state index contributed by atoms with van der Waals surface area (Å²) >= 11 is 0. The number of unbranched alkanes of at least 4 members (excludes halogenated alkanes) is 1. The molecule has 0 heterocycles. The summed E-state index contributed by atoms with van der Waals surface area (Å²) in [6.45, 7) is 6.58. The van der Waals surface area contributed by atoms with E-state index in [0.717, 1.165) is 18.7 Å². The monoisotopic (exact) mass is 155 g/mol. The minimum absolute atomic E-state index is 0.103. The lowest BCUT2D eigenvalue weighted by Crippen LogP contribution is -2.13. The van der Waals surface area contributed by atoms with Crippen LogP contribution < -0.4 is 5.32 Å². The number of carbonyl (C=O) groups excluding carboxylic acids is 1. The van der Waals surface area contributed by atoms with Crippen molar-refractivity contribution in [1.82, 2.24) is 5.32 Å². The van der Waals surface area contributed by atoms with Crippen LogP contribution in [-0.4, -0.2) is 12.3 Å². The standard InChI is InChI=1S/C9H17NO/c1-4-5-6-10-8(2)7-9(3)11/h7,10H,4-6H2,1-3H3. The summed E-state index contributed by atoms with van der Waals surface area (Å²) in [4.78, 5) is 10.6. The zero-order valence-corrected chi connectivity index (χ0v) is 7.61. The minimum atomic E-state index is 0.103. The summed E-state index contributed by atoms with van der Waals surface area (Å²) in [7, 11) is 0. The van der Waals surface area contributed by atoms with Gasteiger partial charge in [-0.15, -0.1) is 0 Å². The molecule has 0 aliphatic heterocycles. The highest BCUT2D eigenvalue weighted by atomic mass is 16.1. The van der Waals surface area contributed by atoms with Gasteiger partial charge in [-0.25, -0.2) is 0 Å². The maximum Gasteiger partial charge on any atom is 0.154 e. The first-order valence-electron chi connectivity index (χ1n) is 4.09. The lowest BCUT2D eigenvalue weighted by molar-refractivity contribution is -0.112. The van der Waals surface area contributed by atoms with Gasteiger partial charge in [0.05, 0.1) is 0 Å². The van der Waals surface area contributed by atoms with Crippen LogP contribution >= 0.6 is 0 Å². The normalized spacial score (nSPS) is 11.4. The van der Waals surface area contributed by atoms with E-state index in [1.165, 1.54) is 6.42 Å². The second-order valence-electron chi connectivity index (χ2n) is 2.72. The zero-order chi connectivity index (χ0) is 8.69. The van der Waals surface area contributed by atoms with Crippen LogP contribution in [0.3, 0.4) is 0 Å². The molecule has 0 amide bonds. The lowest BCUT2D eigenvalue weighted by Gasteiger charge is -2.03. The fourth-order valence-corrected chi connectivity index (χ4v) is 0.818. The van der Waals surface area contributed by atoms with Gasteiger partial charge in [0.25, 0.3) is 0 Å². The summed E-state index contributed by atoms with van der Waals surface area (Å²) in [5.74, 6) is 0.103. The van der Waals surface area contributed by atoms with Gasteiger partial charge < -0.3 is 5.32 Å². The van der Waals surface area contributed by atoms with Gasteiger partial charge in [-0.05, 0) is 26.3 Å². The van der Waals surface area contributed by atoms with Crippen molar-refractivity contribution in [3.8, 4) is 0 Å². The molecule has 0 unspecified atom stereocenters. The van der Waals surface area contributed by atoms with Gasteiger partial charge in [0.2, 0.25) is 0 Å². The largest absolute Gasteiger partial charge is 0.388 e. The third kappa shape index (κ3) is 7.10. The Bertz CT molecular complexity index is 150. The molecule has 0 fully saturated rings. The number of carbonyl (C=O) groups is 1. The van der Waals surface area contributed by atoms with Crippen LogP contribution in [0.1, 0.15) is 33.6 Å². The Morgan fingerprint density at radius 2 is 2.09 bits per heavy atom. The summed E-state index contributed by atoms with van der Waals surface area (Å²) in [6, 6.07) is 0. The molecule has 0 aromatic heterocycles. The van der Waals surface area contributed by atoms with Gasteiger partial charge in [0, 0.05) is 12.2 Å². The maximum absolute atomic E-state index is 10.6. The maximum atomic E-state index is 10.6. The van der Waals surface area contributed by atoms with Gasteiger partial charge in [-0.3, -0.25) is 4.79 Å². The van der Waals surface area contributed by atoms with E-state index in [-0.39, 0.29) is 5.78 Å². The quantitative estimate of drug-likeness (QED) is 0.485. The van der Waals surface area contributed by atoms with E-state index in [9.17, 15) is 4.79 Å². The Morgan fingerprint density at radius 1 is 1.45 bits per heavy atom. The van der Waals surface area contributed by atoms with Crippen LogP contribution in [0.5, 0.6) is 0 Å². The summed E-state index contributed by atoms with van der Waals surface area (Å²) < 4.78 is 0. The van der Waals surface area contributed by atoms with E-state index in [1.54, 1.807) is 13.0 Å². The molecular formula is C9H17NO. The molecule has 64 valence electrons. The van der Waals surface area contributed by atoms with Gasteiger partial charge in [0.1, 0.15) is 0 Å². The van der Waals surface area contributed by atoms with Gasteiger partial charge >= 0.3 is 0 Å². The molecule has 0 spiro atoms.